The molecule has 3 aromatic carbocycles. The Morgan fingerprint density at radius 1 is 1.03 bits per heavy atom. The van der Waals surface area contributed by atoms with Crippen molar-refractivity contribution in [2.45, 2.75) is 52.5 Å². The van der Waals surface area contributed by atoms with Gasteiger partial charge in [0.2, 0.25) is 0 Å². The molecule has 0 aliphatic heterocycles. The molecule has 1 aliphatic rings. The molecule has 1 heterocycles. The highest BCUT2D eigenvalue weighted by atomic mass is 15.1. The Bertz CT molecular complexity index is 1410. The lowest BCUT2D eigenvalue weighted by molar-refractivity contribution is 0.611. The van der Waals surface area contributed by atoms with Crippen LogP contribution in [0.5, 0.6) is 0 Å². The molecule has 5 rings (SSSR count). The Hall–Kier alpha value is -3.64. The lowest BCUT2D eigenvalue weighted by Crippen LogP contribution is -2.11. The van der Waals surface area contributed by atoms with Gasteiger partial charge < -0.3 is 4.57 Å². The minimum Gasteiger partial charge on any atom is -0.321 e. The van der Waals surface area contributed by atoms with E-state index in [1.165, 1.54) is 38.9 Å². The number of aromatic nitrogens is 2. The molecular weight excluding hydrogens is 402 g/mol. The molecule has 164 valence electrons. The average molecular weight is 432 g/mol. The van der Waals surface area contributed by atoms with E-state index in [9.17, 15) is 5.26 Å². The molecule has 1 atom stereocenters. The second kappa shape index (κ2) is 8.71. The van der Waals surface area contributed by atoms with Crippen molar-refractivity contribution in [3.05, 3.63) is 106 Å². The molecule has 0 N–H and O–H groups in total. The zero-order chi connectivity index (χ0) is 22.9. The highest BCUT2D eigenvalue weighted by molar-refractivity contribution is 5.85. The molecule has 0 amide bonds. The molecule has 3 nitrogen and oxygen atoms in total. The summed E-state index contributed by atoms with van der Waals surface area (Å²) >= 11 is 0. The largest absolute Gasteiger partial charge is 0.321 e. The number of imidazole rings is 1. The summed E-state index contributed by atoms with van der Waals surface area (Å²) in [5.41, 5.74) is 10.8. The number of hydrogen-bond acceptors (Lipinski definition) is 2. The number of fused-ring (bicyclic) bond motifs is 3. The Morgan fingerprint density at radius 3 is 2.64 bits per heavy atom. The summed E-state index contributed by atoms with van der Waals surface area (Å²) in [7, 11) is 0. The molecule has 0 spiro atoms. The van der Waals surface area contributed by atoms with Gasteiger partial charge in [0.1, 0.15) is 5.82 Å². The fraction of sp³-hybridized carbons (Fsp3) is 0.267. The highest BCUT2D eigenvalue weighted by Gasteiger charge is 2.22. The van der Waals surface area contributed by atoms with Crippen LogP contribution in [0.1, 0.15) is 65.5 Å². The summed E-state index contributed by atoms with van der Waals surface area (Å²) in [5, 5.41) is 9.50. The van der Waals surface area contributed by atoms with Crippen LogP contribution in [0.15, 0.2) is 66.7 Å². The number of hydrogen-bond donors (Lipinski definition) is 0. The second-order valence-corrected chi connectivity index (χ2v) is 9.03. The molecule has 33 heavy (non-hydrogen) atoms. The number of nitriles is 1. The van der Waals surface area contributed by atoms with Crippen molar-refractivity contribution < 1.29 is 0 Å². The van der Waals surface area contributed by atoms with Gasteiger partial charge in [-0.1, -0.05) is 61.5 Å². The van der Waals surface area contributed by atoms with Gasteiger partial charge in [0.05, 0.1) is 23.1 Å². The van der Waals surface area contributed by atoms with Crippen LogP contribution in [0.25, 0.3) is 16.6 Å². The van der Waals surface area contributed by atoms with Gasteiger partial charge in [-0.25, -0.2) is 4.98 Å². The topological polar surface area (TPSA) is 41.6 Å². The SMILES string of the molecule is CCCc1nc2c(C)cccc2n1C(C)c1ccc2c(c1)CCc1ccccc1/C2=C\C#N. The van der Waals surface area contributed by atoms with Crippen molar-refractivity contribution in [3.8, 4) is 6.07 Å². The molecule has 1 aliphatic carbocycles. The van der Waals surface area contributed by atoms with Gasteiger partial charge in [0.15, 0.2) is 0 Å². The molecule has 0 fully saturated rings. The minimum absolute atomic E-state index is 0.178. The highest BCUT2D eigenvalue weighted by Crippen LogP contribution is 2.36. The molecule has 0 saturated carbocycles. The Kier molecular flexibility index (Phi) is 5.60. The number of allylic oxidation sites excluding steroid dienone is 1. The van der Waals surface area contributed by atoms with Crippen LogP contribution in [0.4, 0.5) is 0 Å². The molecule has 4 aromatic rings. The number of para-hydroxylation sites is 1. The number of nitrogens with zero attached hydrogens (tertiary/aromatic N) is 3. The Morgan fingerprint density at radius 2 is 1.82 bits per heavy atom. The maximum Gasteiger partial charge on any atom is 0.110 e. The summed E-state index contributed by atoms with van der Waals surface area (Å²) in [5.74, 6) is 1.15. The van der Waals surface area contributed by atoms with Gasteiger partial charge in [0.25, 0.3) is 0 Å². The number of benzene rings is 3. The quantitative estimate of drug-likeness (QED) is 0.328. The predicted molar refractivity (Wildman–Crippen MR) is 135 cm³/mol. The fourth-order valence-corrected chi connectivity index (χ4v) is 5.27. The molecule has 3 heteroatoms. The average Bonchev–Trinajstić information content (AvgIpc) is 3.13. The first-order valence-electron chi connectivity index (χ1n) is 11.9. The second-order valence-electron chi connectivity index (χ2n) is 9.03. The van der Waals surface area contributed by atoms with Crippen LogP contribution in [-0.4, -0.2) is 9.55 Å². The van der Waals surface area contributed by atoms with E-state index in [2.05, 4.69) is 92.1 Å². The molecule has 0 bridgehead atoms. The van der Waals surface area contributed by atoms with E-state index < -0.39 is 0 Å². The zero-order valence-electron chi connectivity index (χ0n) is 19.6. The molecule has 0 saturated heterocycles. The first kappa shape index (κ1) is 21.2. The van der Waals surface area contributed by atoms with Crippen LogP contribution in [0.3, 0.4) is 0 Å². The maximum atomic E-state index is 9.50. The number of aryl methyl sites for hydroxylation is 4. The molecular formula is C30H29N3. The van der Waals surface area contributed by atoms with Gasteiger partial charge >= 0.3 is 0 Å². The maximum absolute atomic E-state index is 9.50. The Balaban J connectivity index is 1.62. The van der Waals surface area contributed by atoms with Crippen molar-refractivity contribution in [2.75, 3.05) is 0 Å². The van der Waals surface area contributed by atoms with Gasteiger partial charge in [-0.15, -0.1) is 0 Å². The molecule has 1 aromatic heterocycles. The third-order valence-electron chi connectivity index (χ3n) is 6.94. The molecule has 1 unspecified atom stereocenters. The van der Waals surface area contributed by atoms with Crippen molar-refractivity contribution >= 4 is 16.6 Å². The summed E-state index contributed by atoms with van der Waals surface area (Å²) in [6.07, 6.45) is 5.70. The van der Waals surface area contributed by atoms with Crippen molar-refractivity contribution in [3.63, 3.8) is 0 Å². The fourth-order valence-electron chi connectivity index (χ4n) is 5.27. The summed E-state index contributed by atoms with van der Waals surface area (Å²) in [6.45, 7) is 6.63. The smallest absolute Gasteiger partial charge is 0.110 e. The van der Waals surface area contributed by atoms with Crippen LogP contribution in [0.2, 0.25) is 0 Å². The van der Waals surface area contributed by atoms with E-state index in [-0.39, 0.29) is 6.04 Å². The van der Waals surface area contributed by atoms with E-state index in [1.807, 2.05) is 0 Å². The van der Waals surface area contributed by atoms with Crippen molar-refractivity contribution in [2.24, 2.45) is 0 Å². The lowest BCUT2D eigenvalue weighted by Gasteiger charge is -2.20. The standard InChI is InChI=1S/C30H29N3/c1-4-8-29-32-30-20(2)9-7-12-28(30)33(29)21(3)23-15-16-26-24(19-23)14-13-22-10-5-6-11-25(22)27(26)17-18-31/h5-7,9-12,15-17,19,21H,4,8,13-14H2,1-3H3/b27-17+. The van der Waals surface area contributed by atoms with Crippen LogP contribution < -0.4 is 0 Å². The van der Waals surface area contributed by atoms with E-state index in [1.54, 1.807) is 6.08 Å². The minimum atomic E-state index is 0.178. The van der Waals surface area contributed by atoms with Crippen LogP contribution in [0, 0.1) is 18.3 Å². The van der Waals surface area contributed by atoms with E-state index in [0.717, 1.165) is 42.6 Å². The van der Waals surface area contributed by atoms with Crippen molar-refractivity contribution in [1.29, 1.82) is 5.26 Å². The summed E-state index contributed by atoms with van der Waals surface area (Å²) in [6, 6.07) is 24.2. The normalized spacial score (nSPS) is 15.0. The van der Waals surface area contributed by atoms with Crippen molar-refractivity contribution in [1.82, 2.24) is 9.55 Å². The first-order valence-corrected chi connectivity index (χ1v) is 11.9. The third-order valence-corrected chi connectivity index (χ3v) is 6.94. The zero-order valence-corrected chi connectivity index (χ0v) is 19.6. The van der Waals surface area contributed by atoms with Gasteiger partial charge in [-0.2, -0.15) is 5.26 Å². The van der Waals surface area contributed by atoms with Gasteiger partial charge in [-0.3, -0.25) is 0 Å². The van der Waals surface area contributed by atoms with E-state index in [4.69, 9.17) is 4.98 Å². The summed E-state index contributed by atoms with van der Waals surface area (Å²) in [4.78, 5) is 5.03. The molecule has 0 radical (unpaired) electrons. The predicted octanol–water partition coefficient (Wildman–Crippen LogP) is 6.96. The van der Waals surface area contributed by atoms with Gasteiger partial charge in [-0.05, 0) is 78.1 Å². The monoisotopic (exact) mass is 431 g/mol. The number of rotatable bonds is 4. The Labute approximate surface area is 196 Å². The van der Waals surface area contributed by atoms with Crippen LogP contribution >= 0.6 is 0 Å². The summed E-state index contributed by atoms with van der Waals surface area (Å²) < 4.78 is 2.42. The first-order chi connectivity index (χ1) is 16.1. The van der Waals surface area contributed by atoms with E-state index >= 15 is 0 Å². The van der Waals surface area contributed by atoms with Gasteiger partial charge in [0, 0.05) is 12.5 Å². The lowest BCUT2D eigenvalue weighted by atomic mass is 9.92. The van der Waals surface area contributed by atoms with Crippen LogP contribution in [-0.2, 0) is 19.3 Å². The van der Waals surface area contributed by atoms with E-state index in [0.29, 0.717) is 0 Å². The third kappa shape index (κ3) is 3.66.